The number of alkyl halides is 3. The number of anilines is 1. The smallest absolute Gasteiger partial charge is 0.399 e. The molecule has 0 radical (unpaired) electrons. The monoisotopic (exact) mass is 378 g/mol. The summed E-state index contributed by atoms with van der Waals surface area (Å²) in [5.41, 5.74) is 4.97. The van der Waals surface area contributed by atoms with Crippen LogP contribution in [0.25, 0.3) is 17.1 Å². The number of hydrogen-bond acceptors (Lipinski definition) is 4. The largest absolute Gasteiger partial charge is 0.446 e. The van der Waals surface area contributed by atoms with Crippen molar-refractivity contribution < 1.29 is 13.2 Å². The zero-order valence-corrected chi connectivity index (χ0v) is 14.8. The van der Waals surface area contributed by atoms with Gasteiger partial charge in [0.2, 0.25) is 0 Å². The van der Waals surface area contributed by atoms with Gasteiger partial charge in [0, 0.05) is 16.1 Å². The second kappa shape index (κ2) is 7.41. The van der Waals surface area contributed by atoms with Crippen molar-refractivity contribution in [2.75, 3.05) is 5.73 Å². The maximum Gasteiger partial charge on any atom is 0.446 e. The van der Waals surface area contributed by atoms with Crippen molar-refractivity contribution in [2.45, 2.75) is 30.2 Å². The molecule has 3 aromatic rings. The van der Waals surface area contributed by atoms with E-state index in [1.807, 2.05) is 18.2 Å². The van der Waals surface area contributed by atoms with Crippen LogP contribution in [0.5, 0.6) is 0 Å². The van der Waals surface area contributed by atoms with E-state index in [1.165, 1.54) is 23.1 Å². The van der Waals surface area contributed by atoms with Crippen molar-refractivity contribution in [3.8, 4) is 17.1 Å². The fraction of sp³-hybridized carbons (Fsp3) is 0.222. The summed E-state index contributed by atoms with van der Waals surface area (Å²) in [6.07, 6.45) is 3.40. The zero-order chi connectivity index (χ0) is 18.7. The minimum Gasteiger partial charge on any atom is -0.399 e. The van der Waals surface area contributed by atoms with Gasteiger partial charge in [-0.25, -0.2) is 9.67 Å². The van der Waals surface area contributed by atoms with Crippen molar-refractivity contribution in [3.05, 3.63) is 54.4 Å². The fourth-order valence-electron chi connectivity index (χ4n) is 2.55. The lowest BCUT2D eigenvalue weighted by molar-refractivity contribution is -0.0328. The molecule has 0 saturated carbocycles. The number of nitrogens with two attached hydrogens (primary N) is 1. The van der Waals surface area contributed by atoms with Crippen molar-refractivity contribution >= 4 is 17.4 Å². The molecule has 136 valence electrons. The number of nitrogen functional groups attached to an aromatic ring is 1. The molecule has 0 bridgehead atoms. The predicted molar refractivity (Wildman–Crippen MR) is 97.1 cm³/mol. The first-order valence-electron chi connectivity index (χ1n) is 8.02. The summed E-state index contributed by atoms with van der Waals surface area (Å²) in [6, 6.07) is 11.7. The Hall–Kier alpha value is -2.48. The molecule has 2 N–H and O–H groups in total. The van der Waals surface area contributed by atoms with Crippen LogP contribution in [0.4, 0.5) is 18.9 Å². The van der Waals surface area contributed by atoms with E-state index >= 15 is 0 Å². The molecular formula is C18H17F3N4S. The molecule has 0 aliphatic carbocycles. The van der Waals surface area contributed by atoms with Crippen LogP contribution in [-0.2, 0) is 6.42 Å². The maximum absolute atomic E-state index is 12.4. The molecule has 0 fully saturated rings. The van der Waals surface area contributed by atoms with Crippen LogP contribution >= 0.6 is 11.8 Å². The second-order valence-corrected chi connectivity index (χ2v) is 6.86. The highest BCUT2D eigenvalue weighted by atomic mass is 32.2. The van der Waals surface area contributed by atoms with Gasteiger partial charge in [-0.3, -0.25) is 0 Å². The molecule has 26 heavy (non-hydrogen) atoms. The van der Waals surface area contributed by atoms with Crippen LogP contribution in [0.1, 0.15) is 18.9 Å². The van der Waals surface area contributed by atoms with Gasteiger partial charge in [-0.05, 0) is 66.2 Å². The standard InChI is InChI=1S/C18H17F3N4S/c1-2-3-12-10-13(4-9-16(12)22)17-23-11-25(24-17)14-5-7-15(8-6-14)26-18(19,20)21/h4-11H,2-3,22H2,1H3. The average Bonchev–Trinajstić information content (AvgIpc) is 3.06. The highest BCUT2D eigenvalue weighted by molar-refractivity contribution is 8.00. The van der Waals surface area contributed by atoms with E-state index in [1.54, 1.807) is 12.1 Å². The fourth-order valence-corrected chi connectivity index (χ4v) is 3.09. The molecule has 0 atom stereocenters. The third kappa shape index (κ3) is 4.37. The minimum atomic E-state index is -4.30. The van der Waals surface area contributed by atoms with Gasteiger partial charge in [-0.1, -0.05) is 13.3 Å². The number of rotatable bonds is 5. The van der Waals surface area contributed by atoms with Crippen molar-refractivity contribution in [1.82, 2.24) is 14.8 Å². The Morgan fingerprint density at radius 2 is 1.85 bits per heavy atom. The van der Waals surface area contributed by atoms with Gasteiger partial charge in [0.1, 0.15) is 6.33 Å². The molecule has 0 aliphatic heterocycles. The van der Waals surface area contributed by atoms with Crippen LogP contribution in [0.3, 0.4) is 0 Å². The molecule has 0 spiro atoms. The van der Waals surface area contributed by atoms with Crippen molar-refractivity contribution in [2.24, 2.45) is 0 Å². The van der Waals surface area contributed by atoms with Gasteiger partial charge in [-0.15, -0.1) is 5.10 Å². The van der Waals surface area contributed by atoms with Gasteiger partial charge < -0.3 is 5.73 Å². The van der Waals surface area contributed by atoms with Crippen LogP contribution in [-0.4, -0.2) is 20.3 Å². The first kappa shape index (κ1) is 18.3. The average molecular weight is 378 g/mol. The highest BCUT2D eigenvalue weighted by Crippen LogP contribution is 2.36. The Balaban J connectivity index is 1.83. The number of aryl methyl sites for hydroxylation is 1. The van der Waals surface area contributed by atoms with E-state index in [0.717, 1.165) is 29.7 Å². The summed E-state index contributed by atoms with van der Waals surface area (Å²) >= 11 is -0.143. The molecule has 3 rings (SSSR count). The normalized spacial score (nSPS) is 11.7. The Morgan fingerprint density at radius 1 is 1.12 bits per heavy atom. The minimum absolute atomic E-state index is 0.129. The maximum atomic E-state index is 12.4. The van der Waals surface area contributed by atoms with E-state index in [4.69, 9.17) is 5.73 Å². The SMILES string of the molecule is CCCc1cc(-c2ncn(-c3ccc(SC(F)(F)F)cc3)n2)ccc1N. The second-order valence-electron chi connectivity index (χ2n) is 5.72. The molecular weight excluding hydrogens is 361 g/mol. The quantitative estimate of drug-likeness (QED) is 0.497. The van der Waals surface area contributed by atoms with Crippen molar-refractivity contribution in [3.63, 3.8) is 0 Å². The van der Waals surface area contributed by atoms with E-state index < -0.39 is 5.51 Å². The lowest BCUT2D eigenvalue weighted by atomic mass is 10.0. The Morgan fingerprint density at radius 3 is 2.50 bits per heavy atom. The highest BCUT2D eigenvalue weighted by Gasteiger charge is 2.29. The molecule has 0 unspecified atom stereocenters. The first-order valence-corrected chi connectivity index (χ1v) is 8.84. The predicted octanol–water partition coefficient (Wildman–Crippen LogP) is 5.08. The zero-order valence-electron chi connectivity index (χ0n) is 14.0. The van der Waals surface area contributed by atoms with Gasteiger partial charge in [0.25, 0.3) is 0 Å². The molecule has 0 aliphatic rings. The lowest BCUT2D eigenvalue weighted by Gasteiger charge is -2.07. The molecule has 1 aromatic heterocycles. The summed E-state index contributed by atoms with van der Waals surface area (Å²) < 4.78 is 38.7. The molecule has 0 amide bonds. The molecule has 0 saturated heterocycles. The van der Waals surface area contributed by atoms with Crippen molar-refractivity contribution in [1.29, 1.82) is 0 Å². The number of halogens is 3. The van der Waals surface area contributed by atoms with Gasteiger partial charge in [0.15, 0.2) is 5.82 Å². The number of aromatic nitrogens is 3. The van der Waals surface area contributed by atoms with Crippen LogP contribution in [0, 0.1) is 0 Å². The van der Waals surface area contributed by atoms with Gasteiger partial charge in [-0.2, -0.15) is 13.2 Å². The summed E-state index contributed by atoms with van der Waals surface area (Å²) in [5.74, 6) is 0.538. The molecule has 4 nitrogen and oxygen atoms in total. The lowest BCUT2D eigenvalue weighted by Crippen LogP contribution is -1.99. The summed E-state index contributed by atoms with van der Waals surface area (Å²) in [5, 5.41) is 4.42. The van der Waals surface area contributed by atoms with Crippen LogP contribution < -0.4 is 5.73 Å². The number of hydrogen-bond donors (Lipinski definition) is 1. The Labute approximate surface area is 153 Å². The topological polar surface area (TPSA) is 56.7 Å². The van der Waals surface area contributed by atoms with Gasteiger partial charge >= 0.3 is 5.51 Å². The van der Waals surface area contributed by atoms with Crippen LogP contribution in [0.2, 0.25) is 0 Å². The van der Waals surface area contributed by atoms with E-state index in [9.17, 15) is 13.2 Å². The van der Waals surface area contributed by atoms with Gasteiger partial charge in [0.05, 0.1) is 5.69 Å². The Kier molecular flexibility index (Phi) is 5.22. The summed E-state index contributed by atoms with van der Waals surface area (Å²) in [4.78, 5) is 4.43. The third-order valence-corrected chi connectivity index (χ3v) is 4.49. The molecule has 2 aromatic carbocycles. The molecule has 1 heterocycles. The number of thioether (sulfide) groups is 1. The van der Waals surface area contributed by atoms with Crippen LogP contribution in [0.15, 0.2) is 53.7 Å². The summed E-state index contributed by atoms with van der Waals surface area (Å²) in [6.45, 7) is 2.08. The Bertz CT molecular complexity index is 888. The number of benzene rings is 2. The molecule has 8 heteroatoms. The van der Waals surface area contributed by atoms with E-state index in [0.29, 0.717) is 11.5 Å². The van der Waals surface area contributed by atoms with E-state index in [2.05, 4.69) is 17.0 Å². The number of nitrogens with zero attached hydrogens (tertiary/aromatic N) is 3. The first-order chi connectivity index (χ1) is 12.4. The third-order valence-electron chi connectivity index (χ3n) is 3.75. The van der Waals surface area contributed by atoms with E-state index in [-0.39, 0.29) is 16.7 Å². The summed E-state index contributed by atoms with van der Waals surface area (Å²) in [7, 11) is 0.